The van der Waals surface area contributed by atoms with E-state index >= 15 is 0 Å². The van der Waals surface area contributed by atoms with Gasteiger partial charge in [0.05, 0.1) is 12.0 Å². The van der Waals surface area contributed by atoms with Crippen LogP contribution in [0.1, 0.15) is 46.0 Å². The molecule has 1 saturated carbocycles. The van der Waals surface area contributed by atoms with Crippen molar-refractivity contribution in [3.8, 4) is 0 Å². The lowest BCUT2D eigenvalue weighted by Crippen LogP contribution is -2.49. The summed E-state index contributed by atoms with van der Waals surface area (Å²) in [7, 11) is 0. The molecule has 0 radical (unpaired) electrons. The van der Waals surface area contributed by atoms with Crippen LogP contribution in [0.3, 0.4) is 0 Å². The molecule has 0 aromatic heterocycles. The summed E-state index contributed by atoms with van der Waals surface area (Å²) in [5.74, 6) is 1.67. The number of carbonyl (C=O) groups is 1. The van der Waals surface area contributed by atoms with Crippen molar-refractivity contribution >= 4 is 5.97 Å². The fourth-order valence-corrected chi connectivity index (χ4v) is 4.03. The summed E-state index contributed by atoms with van der Waals surface area (Å²) in [6.07, 6.45) is 6.05. The van der Waals surface area contributed by atoms with Crippen LogP contribution < -0.4 is 0 Å². The van der Waals surface area contributed by atoms with Crippen LogP contribution in [0.4, 0.5) is 0 Å². The van der Waals surface area contributed by atoms with Gasteiger partial charge in [0.1, 0.15) is 0 Å². The molecule has 0 bridgehead atoms. The average Bonchev–Trinajstić information content (AvgIpc) is 2.47. The molecular formula is C14H22O3. The van der Waals surface area contributed by atoms with Gasteiger partial charge in [-0.1, -0.05) is 13.3 Å². The lowest BCUT2D eigenvalue weighted by molar-refractivity contribution is -0.237. The fourth-order valence-electron chi connectivity index (χ4n) is 4.03. The van der Waals surface area contributed by atoms with E-state index in [2.05, 4.69) is 6.92 Å². The van der Waals surface area contributed by atoms with Gasteiger partial charge in [-0.25, -0.2) is 0 Å². The maximum absolute atomic E-state index is 11.9. The highest BCUT2D eigenvalue weighted by Crippen LogP contribution is 2.48. The zero-order chi connectivity index (χ0) is 12.0. The Morgan fingerprint density at radius 3 is 2.76 bits per heavy atom. The lowest BCUT2D eigenvalue weighted by Gasteiger charge is -2.46. The maximum atomic E-state index is 11.9. The van der Waals surface area contributed by atoms with E-state index in [1.807, 2.05) is 6.92 Å². The summed E-state index contributed by atoms with van der Waals surface area (Å²) in [5.41, 5.74) is 0. The predicted molar refractivity (Wildman–Crippen MR) is 63.1 cm³/mol. The summed E-state index contributed by atoms with van der Waals surface area (Å²) >= 11 is 0. The average molecular weight is 238 g/mol. The van der Waals surface area contributed by atoms with Gasteiger partial charge in [0.2, 0.25) is 6.29 Å². The highest BCUT2D eigenvalue weighted by Gasteiger charge is 2.50. The SMILES string of the molecule is C[C@H]1CCC2CCCC3C2[C@H](OC(=O)[C@@H]3C)O1. The topological polar surface area (TPSA) is 35.5 Å². The van der Waals surface area contributed by atoms with Crippen LogP contribution >= 0.6 is 0 Å². The molecule has 96 valence electrons. The zero-order valence-corrected chi connectivity index (χ0v) is 10.7. The molecule has 0 spiro atoms. The maximum Gasteiger partial charge on any atom is 0.311 e. The molecule has 0 aromatic carbocycles. The van der Waals surface area contributed by atoms with E-state index in [1.54, 1.807) is 0 Å². The van der Waals surface area contributed by atoms with Crippen molar-refractivity contribution in [2.24, 2.45) is 23.7 Å². The fraction of sp³-hybridized carbons (Fsp3) is 0.929. The molecule has 2 aliphatic heterocycles. The Labute approximate surface area is 103 Å². The van der Waals surface area contributed by atoms with Crippen LogP contribution in [0, 0.1) is 23.7 Å². The monoisotopic (exact) mass is 238 g/mol. The molecule has 2 heterocycles. The van der Waals surface area contributed by atoms with Gasteiger partial charge in [-0.05, 0) is 44.4 Å². The van der Waals surface area contributed by atoms with Crippen molar-refractivity contribution < 1.29 is 14.3 Å². The molecule has 3 unspecified atom stereocenters. The summed E-state index contributed by atoms with van der Waals surface area (Å²) in [6, 6.07) is 0. The minimum Gasteiger partial charge on any atom is -0.435 e. The van der Waals surface area contributed by atoms with E-state index < -0.39 is 0 Å². The Morgan fingerprint density at radius 1 is 1.12 bits per heavy atom. The number of ether oxygens (including phenoxy) is 2. The van der Waals surface area contributed by atoms with Gasteiger partial charge in [-0.15, -0.1) is 0 Å². The van der Waals surface area contributed by atoms with Crippen molar-refractivity contribution in [1.29, 1.82) is 0 Å². The Morgan fingerprint density at radius 2 is 1.94 bits per heavy atom. The highest BCUT2D eigenvalue weighted by molar-refractivity contribution is 5.73. The van der Waals surface area contributed by atoms with Gasteiger partial charge < -0.3 is 9.47 Å². The van der Waals surface area contributed by atoms with Gasteiger partial charge in [-0.3, -0.25) is 4.79 Å². The van der Waals surface area contributed by atoms with Crippen LogP contribution in [-0.2, 0) is 14.3 Å². The number of hydrogen-bond acceptors (Lipinski definition) is 3. The standard InChI is InChI=1S/C14H22O3/c1-8-6-7-10-4-3-5-11-9(2)13(15)17-14(16-8)12(10)11/h8-12,14H,3-7H2,1-2H3/t8-,9+,10?,11?,12?,14-/m0/s1. The summed E-state index contributed by atoms with van der Waals surface area (Å²) < 4.78 is 11.5. The molecule has 3 aliphatic rings. The molecule has 0 N–H and O–H groups in total. The van der Waals surface area contributed by atoms with E-state index in [-0.39, 0.29) is 24.3 Å². The predicted octanol–water partition coefficient (Wildman–Crippen LogP) is 2.74. The Kier molecular flexibility index (Phi) is 2.89. The number of carbonyl (C=O) groups excluding carboxylic acids is 1. The third-order valence-electron chi connectivity index (χ3n) is 5.02. The quantitative estimate of drug-likeness (QED) is 0.609. The molecule has 3 rings (SSSR count). The molecule has 3 fully saturated rings. The first kappa shape index (κ1) is 11.5. The Hall–Kier alpha value is -0.570. The van der Waals surface area contributed by atoms with Crippen molar-refractivity contribution in [2.45, 2.75) is 58.3 Å². The summed E-state index contributed by atoms with van der Waals surface area (Å²) in [5, 5.41) is 0. The smallest absolute Gasteiger partial charge is 0.311 e. The minimum absolute atomic E-state index is 0.0500. The van der Waals surface area contributed by atoms with Crippen LogP contribution in [0.15, 0.2) is 0 Å². The van der Waals surface area contributed by atoms with E-state index in [4.69, 9.17) is 9.47 Å². The van der Waals surface area contributed by atoms with Crippen molar-refractivity contribution in [2.75, 3.05) is 0 Å². The molecule has 17 heavy (non-hydrogen) atoms. The van der Waals surface area contributed by atoms with Crippen molar-refractivity contribution in [3.63, 3.8) is 0 Å². The molecule has 0 amide bonds. The van der Waals surface area contributed by atoms with Crippen LogP contribution in [0.25, 0.3) is 0 Å². The van der Waals surface area contributed by atoms with Gasteiger partial charge in [-0.2, -0.15) is 0 Å². The third kappa shape index (κ3) is 1.88. The van der Waals surface area contributed by atoms with Crippen LogP contribution in [0.5, 0.6) is 0 Å². The van der Waals surface area contributed by atoms with E-state index in [1.165, 1.54) is 25.7 Å². The second kappa shape index (κ2) is 4.27. The molecule has 1 aliphatic carbocycles. The normalized spacial score (nSPS) is 50.1. The third-order valence-corrected chi connectivity index (χ3v) is 5.02. The van der Waals surface area contributed by atoms with E-state index in [9.17, 15) is 4.79 Å². The van der Waals surface area contributed by atoms with Crippen LogP contribution in [-0.4, -0.2) is 18.4 Å². The minimum atomic E-state index is -0.258. The second-order valence-corrected chi connectivity index (χ2v) is 6.05. The van der Waals surface area contributed by atoms with E-state index in [0.717, 1.165) is 6.42 Å². The first-order chi connectivity index (χ1) is 8.16. The Bertz CT molecular complexity index is 315. The molecule has 2 saturated heterocycles. The number of hydrogen-bond donors (Lipinski definition) is 0. The summed E-state index contributed by atoms with van der Waals surface area (Å²) in [6.45, 7) is 4.12. The van der Waals surface area contributed by atoms with Crippen molar-refractivity contribution in [3.05, 3.63) is 0 Å². The molecule has 0 aromatic rings. The highest BCUT2D eigenvalue weighted by atomic mass is 16.7. The van der Waals surface area contributed by atoms with Gasteiger partial charge in [0.25, 0.3) is 0 Å². The molecule has 3 heteroatoms. The second-order valence-electron chi connectivity index (χ2n) is 6.05. The first-order valence-corrected chi connectivity index (χ1v) is 7.03. The van der Waals surface area contributed by atoms with Gasteiger partial charge in [0, 0.05) is 5.92 Å². The summed E-state index contributed by atoms with van der Waals surface area (Å²) in [4.78, 5) is 11.9. The number of esters is 1. The molecule has 6 atom stereocenters. The molecule has 3 nitrogen and oxygen atoms in total. The Balaban J connectivity index is 1.90. The lowest BCUT2D eigenvalue weighted by atomic mass is 9.65. The van der Waals surface area contributed by atoms with Crippen molar-refractivity contribution in [1.82, 2.24) is 0 Å². The molecular weight excluding hydrogens is 216 g/mol. The van der Waals surface area contributed by atoms with Crippen LogP contribution in [0.2, 0.25) is 0 Å². The van der Waals surface area contributed by atoms with E-state index in [0.29, 0.717) is 17.8 Å². The zero-order valence-electron chi connectivity index (χ0n) is 10.7. The first-order valence-electron chi connectivity index (χ1n) is 7.03. The van der Waals surface area contributed by atoms with Gasteiger partial charge >= 0.3 is 5.97 Å². The largest absolute Gasteiger partial charge is 0.435 e. The van der Waals surface area contributed by atoms with Gasteiger partial charge in [0.15, 0.2) is 0 Å². The number of rotatable bonds is 0.